The highest BCUT2D eigenvalue weighted by molar-refractivity contribution is 5.83. The van der Waals surface area contributed by atoms with Gasteiger partial charge in [-0.3, -0.25) is 4.79 Å². The number of nitrogens with one attached hydrogen (secondary N) is 1. The normalized spacial score (nSPS) is 20.9. The van der Waals surface area contributed by atoms with Crippen LogP contribution in [0.15, 0.2) is 12.3 Å². The van der Waals surface area contributed by atoms with E-state index >= 15 is 0 Å². The van der Waals surface area contributed by atoms with Gasteiger partial charge in [0.25, 0.3) is 0 Å². The molecule has 2 heterocycles. The maximum absolute atomic E-state index is 13.3. The van der Waals surface area contributed by atoms with Gasteiger partial charge >= 0.3 is 5.97 Å². The average Bonchev–Trinajstić information content (AvgIpc) is 2.86. The smallest absolute Gasteiger partial charge is 0.314 e. The van der Waals surface area contributed by atoms with Crippen molar-refractivity contribution in [1.82, 2.24) is 20.4 Å². The van der Waals surface area contributed by atoms with Crippen molar-refractivity contribution in [3.8, 4) is 0 Å². The van der Waals surface area contributed by atoms with Crippen molar-refractivity contribution < 1.29 is 18.7 Å². The number of aromatic amines is 1. The molecule has 0 aromatic carbocycles. The van der Waals surface area contributed by atoms with E-state index in [1.807, 2.05) is 0 Å². The minimum absolute atomic E-state index is 0.111. The lowest BCUT2D eigenvalue weighted by Gasteiger charge is -2.36. The van der Waals surface area contributed by atoms with E-state index in [4.69, 9.17) is 0 Å². The molecule has 1 fully saturated rings. The molecule has 0 spiro atoms. The lowest BCUT2D eigenvalue weighted by molar-refractivity contribution is -0.149. The molecule has 0 atom stereocenters. The monoisotopic (exact) mass is 282 g/mol. The van der Waals surface area contributed by atoms with Gasteiger partial charge in [0.15, 0.2) is 0 Å². The number of carboxylic acid groups (broad SMARTS) is 1. The summed E-state index contributed by atoms with van der Waals surface area (Å²) in [5.41, 5.74) is -0.111. The van der Waals surface area contributed by atoms with E-state index in [1.54, 1.807) is 6.07 Å². The van der Waals surface area contributed by atoms with E-state index in [2.05, 4.69) is 20.4 Å². The summed E-state index contributed by atoms with van der Waals surface area (Å²) in [5.74, 6) is -3.89. The molecule has 0 bridgehead atoms. The first-order chi connectivity index (χ1) is 9.43. The largest absolute Gasteiger partial charge is 0.481 e. The highest BCUT2D eigenvalue weighted by atomic mass is 19.3. The summed E-state index contributed by atoms with van der Waals surface area (Å²) in [6.45, 7) is 0. The van der Waals surface area contributed by atoms with E-state index in [-0.39, 0.29) is 12.8 Å². The molecule has 2 aromatic rings. The second kappa shape index (κ2) is 4.19. The predicted octanol–water partition coefficient (Wildman–Crippen LogP) is 1.88. The Hall–Kier alpha value is -2.12. The van der Waals surface area contributed by atoms with Gasteiger partial charge in [-0.15, -0.1) is 5.10 Å². The van der Waals surface area contributed by atoms with Crippen molar-refractivity contribution in [2.45, 2.75) is 37.0 Å². The average molecular weight is 282 g/mol. The molecule has 0 saturated heterocycles. The van der Waals surface area contributed by atoms with E-state index < -0.39 is 30.1 Å². The number of halogens is 2. The molecule has 6 nitrogen and oxygen atoms in total. The number of carboxylic acids is 1. The Morgan fingerprint density at radius 3 is 2.60 bits per heavy atom. The van der Waals surface area contributed by atoms with Crippen molar-refractivity contribution in [1.29, 1.82) is 0 Å². The summed E-state index contributed by atoms with van der Waals surface area (Å²) < 4.78 is 26.6. The summed E-state index contributed by atoms with van der Waals surface area (Å²) >= 11 is 0. The SMILES string of the molecule is O=C(O)C1(c2cnc3n[nH]nc3c2)CCC(F)(F)CC1. The maximum atomic E-state index is 13.3. The molecule has 8 heteroatoms. The number of nitrogens with zero attached hydrogens (tertiary/aromatic N) is 3. The van der Waals surface area contributed by atoms with Crippen molar-refractivity contribution in [2.24, 2.45) is 0 Å². The number of rotatable bonds is 2. The highest BCUT2D eigenvalue weighted by Crippen LogP contribution is 2.45. The first-order valence-electron chi connectivity index (χ1n) is 6.21. The molecule has 0 unspecified atom stereocenters. The van der Waals surface area contributed by atoms with E-state index in [1.165, 1.54) is 6.20 Å². The van der Waals surface area contributed by atoms with Crippen LogP contribution in [0.4, 0.5) is 8.78 Å². The number of hydrogen-bond donors (Lipinski definition) is 2. The van der Waals surface area contributed by atoms with Crippen LogP contribution in [0, 0.1) is 0 Å². The first-order valence-corrected chi connectivity index (χ1v) is 6.21. The number of hydrogen-bond acceptors (Lipinski definition) is 4. The second-order valence-electron chi connectivity index (χ2n) is 5.13. The van der Waals surface area contributed by atoms with Crippen LogP contribution in [0.1, 0.15) is 31.2 Å². The Morgan fingerprint density at radius 1 is 1.25 bits per heavy atom. The van der Waals surface area contributed by atoms with E-state index in [0.717, 1.165) is 0 Å². The lowest BCUT2D eigenvalue weighted by atomic mass is 9.69. The zero-order chi connectivity index (χ0) is 14.4. The van der Waals surface area contributed by atoms with Gasteiger partial charge in [0.05, 0.1) is 5.41 Å². The molecule has 1 saturated carbocycles. The van der Waals surface area contributed by atoms with E-state index in [0.29, 0.717) is 16.7 Å². The topological polar surface area (TPSA) is 91.8 Å². The highest BCUT2D eigenvalue weighted by Gasteiger charge is 2.49. The Morgan fingerprint density at radius 2 is 1.95 bits per heavy atom. The molecule has 106 valence electrons. The van der Waals surface area contributed by atoms with Gasteiger partial charge in [-0.1, -0.05) is 0 Å². The molecule has 0 aliphatic heterocycles. The van der Waals surface area contributed by atoms with Gasteiger partial charge in [-0.2, -0.15) is 10.3 Å². The van der Waals surface area contributed by atoms with Gasteiger partial charge in [0, 0.05) is 19.0 Å². The fourth-order valence-corrected chi connectivity index (χ4v) is 2.67. The second-order valence-corrected chi connectivity index (χ2v) is 5.13. The van der Waals surface area contributed by atoms with Crippen molar-refractivity contribution >= 4 is 17.1 Å². The van der Waals surface area contributed by atoms with Gasteiger partial charge < -0.3 is 5.11 Å². The summed E-state index contributed by atoms with van der Waals surface area (Å²) in [5, 5.41) is 19.5. The standard InChI is InChI=1S/C12H12F2N4O2/c13-12(14)3-1-11(2-4-12,10(19)20)7-5-8-9(15-6-7)17-18-16-8/h5-6H,1-4H2,(H,19,20)(H,15,16,17,18). The molecule has 20 heavy (non-hydrogen) atoms. The molecule has 2 N–H and O–H groups in total. The van der Waals surface area contributed by atoms with Crippen LogP contribution < -0.4 is 0 Å². The summed E-state index contributed by atoms with van der Waals surface area (Å²) in [6, 6.07) is 1.56. The van der Waals surface area contributed by atoms with Crippen LogP contribution in [0.2, 0.25) is 0 Å². The zero-order valence-corrected chi connectivity index (χ0v) is 10.4. The van der Waals surface area contributed by atoms with Crippen LogP contribution in [0.5, 0.6) is 0 Å². The Bertz CT molecular complexity index is 660. The van der Waals surface area contributed by atoms with Crippen molar-refractivity contribution in [2.75, 3.05) is 0 Å². The van der Waals surface area contributed by atoms with Crippen LogP contribution in [-0.2, 0) is 10.2 Å². The third kappa shape index (κ3) is 1.91. The number of aromatic nitrogens is 4. The maximum Gasteiger partial charge on any atom is 0.314 e. The third-order valence-corrected chi connectivity index (χ3v) is 3.97. The molecule has 1 aliphatic rings. The third-order valence-electron chi connectivity index (χ3n) is 3.97. The number of aliphatic carboxylic acids is 1. The fourth-order valence-electron chi connectivity index (χ4n) is 2.67. The minimum atomic E-state index is -2.79. The summed E-state index contributed by atoms with van der Waals surface area (Å²) in [6.07, 6.45) is 0.301. The Balaban J connectivity index is 2.04. The molecular formula is C12H12F2N4O2. The molecule has 0 radical (unpaired) electrons. The van der Waals surface area contributed by atoms with Crippen LogP contribution in [0.25, 0.3) is 11.2 Å². The number of pyridine rings is 1. The van der Waals surface area contributed by atoms with Gasteiger partial charge in [0.2, 0.25) is 11.6 Å². The molecule has 3 rings (SSSR count). The predicted molar refractivity (Wildman–Crippen MR) is 64.4 cm³/mol. The number of alkyl halides is 2. The van der Waals surface area contributed by atoms with Crippen molar-refractivity contribution in [3.05, 3.63) is 17.8 Å². The van der Waals surface area contributed by atoms with Crippen molar-refractivity contribution in [3.63, 3.8) is 0 Å². The first kappa shape index (κ1) is 12.9. The molecule has 2 aromatic heterocycles. The molecule has 0 amide bonds. The zero-order valence-electron chi connectivity index (χ0n) is 10.4. The summed E-state index contributed by atoms with van der Waals surface area (Å²) in [4.78, 5) is 15.7. The Labute approximate surface area is 112 Å². The summed E-state index contributed by atoms with van der Waals surface area (Å²) in [7, 11) is 0. The minimum Gasteiger partial charge on any atom is -0.481 e. The number of fused-ring (bicyclic) bond motifs is 1. The molecular weight excluding hydrogens is 270 g/mol. The fraction of sp³-hybridized carbons (Fsp3) is 0.500. The van der Waals surface area contributed by atoms with Gasteiger partial charge in [0.1, 0.15) is 5.52 Å². The van der Waals surface area contributed by atoms with Gasteiger partial charge in [-0.05, 0) is 24.5 Å². The molecule has 1 aliphatic carbocycles. The van der Waals surface area contributed by atoms with Crippen LogP contribution >= 0.6 is 0 Å². The lowest BCUT2D eigenvalue weighted by Crippen LogP contribution is -2.42. The van der Waals surface area contributed by atoms with Crippen LogP contribution in [-0.4, -0.2) is 37.4 Å². The number of H-pyrrole nitrogens is 1. The van der Waals surface area contributed by atoms with Gasteiger partial charge in [-0.25, -0.2) is 13.8 Å². The Kier molecular flexibility index (Phi) is 2.70. The van der Waals surface area contributed by atoms with Crippen LogP contribution in [0.3, 0.4) is 0 Å². The van der Waals surface area contributed by atoms with E-state index in [9.17, 15) is 18.7 Å². The quantitative estimate of drug-likeness (QED) is 0.877. The number of carbonyl (C=O) groups is 1.